The number of carbonyl (C=O) groups excluding carboxylic acids is 1. The molecule has 3 N–H and O–H groups in total. The highest BCUT2D eigenvalue weighted by Crippen LogP contribution is 2.09. The van der Waals surface area contributed by atoms with Gasteiger partial charge in [0.25, 0.3) is 5.91 Å². The van der Waals surface area contributed by atoms with Crippen molar-refractivity contribution in [2.24, 2.45) is 9.98 Å². The maximum absolute atomic E-state index is 11.1. The molecule has 0 aromatic carbocycles. The predicted molar refractivity (Wildman–Crippen MR) is 51.7 cm³/mol. The van der Waals surface area contributed by atoms with E-state index in [1.165, 1.54) is 0 Å². The number of fused-ring (bicyclic) bond motifs is 1. The van der Waals surface area contributed by atoms with Gasteiger partial charge in [-0.05, 0) is 22.6 Å². The molecule has 1 atom stereocenters. The summed E-state index contributed by atoms with van der Waals surface area (Å²) in [6.45, 7) is 0. The molecule has 0 bridgehead atoms. The van der Waals surface area contributed by atoms with Gasteiger partial charge in [0.2, 0.25) is 5.96 Å². The number of amidine groups is 2. The molecular formula is C5H4IN5O. The second-order valence-electron chi connectivity index (χ2n) is 2.28. The standard InChI is InChI=1S/C5H4IN5O/c6-4-8-1-2(9-4)10-5(7)11-3(1)12/h1H,(H3,7,8,9,10,11,12). The number of hydrogen-bond acceptors (Lipinski definition) is 4. The van der Waals surface area contributed by atoms with Crippen molar-refractivity contribution in [3.8, 4) is 0 Å². The Bertz CT molecular complexity index is 333. The fourth-order valence-corrected chi connectivity index (χ4v) is 1.54. The quantitative estimate of drug-likeness (QED) is 0.400. The molecule has 2 rings (SSSR count). The highest BCUT2D eigenvalue weighted by molar-refractivity contribution is 14.1. The van der Waals surface area contributed by atoms with Gasteiger partial charge in [0.05, 0.1) is 0 Å². The zero-order valence-corrected chi connectivity index (χ0v) is 7.92. The third-order valence-corrected chi connectivity index (χ3v) is 2.00. The Balaban J connectivity index is 2.39. The van der Waals surface area contributed by atoms with Gasteiger partial charge in [0.1, 0.15) is 5.84 Å². The second-order valence-corrected chi connectivity index (χ2v) is 3.30. The minimum Gasteiger partial charge on any atom is -0.321 e. The summed E-state index contributed by atoms with van der Waals surface area (Å²) in [5, 5.41) is 12.2. The highest BCUT2D eigenvalue weighted by Gasteiger charge is 2.33. The van der Waals surface area contributed by atoms with Gasteiger partial charge in [0, 0.05) is 0 Å². The van der Waals surface area contributed by atoms with Crippen LogP contribution in [0, 0.1) is 5.41 Å². The largest absolute Gasteiger partial charge is 0.321 e. The summed E-state index contributed by atoms with van der Waals surface area (Å²) in [5.41, 5.74) is 0. The van der Waals surface area contributed by atoms with Crippen molar-refractivity contribution in [2.75, 3.05) is 0 Å². The molecule has 12 heavy (non-hydrogen) atoms. The first-order chi connectivity index (χ1) is 5.66. The Morgan fingerprint density at radius 1 is 1.50 bits per heavy atom. The molecule has 1 amide bonds. The number of amides is 1. The molecule has 0 radical (unpaired) electrons. The predicted octanol–water partition coefficient (Wildman–Crippen LogP) is -0.788. The van der Waals surface area contributed by atoms with E-state index in [4.69, 9.17) is 5.41 Å². The van der Waals surface area contributed by atoms with Crippen LogP contribution in [0.25, 0.3) is 0 Å². The average molecular weight is 277 g/mol. The maximum atomic E-state index is 11.1. The summed E-state index contributed by atoms with van der Waals surface area (Å²) in [5.74, 6) is -0.00244. The van der Waals surface area contributed by atoms with Crippen LogP contribution in [0.3, 0.4) is 0 Å². The second kappa shape index (κ2) is 2.51. The lowest BCUT2D eigenvalue weighted by atomic mass is 10.2. The van der Waals surface area contributed by atoms with Crippen LogP contribution in [0.5, 0.6) is 0 Å². The van der Waals surface area contributed by atoms with Crippen LogP contribution in [-0.4, -0.2) is 27.6 Å². The fraction of sp³-hybridized carbons (Fsp3) is 0.200. The van der Waals surface area contributed by atoms with Crippen molar-refractivity contribution in [2.45, 2.75) is 6.04 Å². The van der Waals surface area contributed by atoms with Crippen molar-refractivity contribution in [1.29, 1.82) is 5.41 Å². The van der Waals surface area contributed by atoms with E-state index in [1.54, 1.807) is 0 Å². The van der Waals surface area contributed by atoms with Gasteiger partial charge in [-0.3, -0.25) is 15.5 Å². The summed E-state index contributed by atoms with van der Waals surface area (Å²) in [7, 11) is 0. The van der Waals surface area contributed by atoms with Gasteiger partial charge in [-0.2, -0.15) is 4.99 Å². The Morgan fingerprint density at radius 3 is 3.00 bits per heavy atom. The third-order valence-electron chi connectivity index (χ3n) is 1.45. The minimum atomic E-state index is -0.578. The van der Waals surface area contributed by atoms with Crippen LogP contribution in [0.15, 0.2) is 9.98 Å². The van der Waals surface area contributed by atoms with E-state index in [1.807, 2.05) is 22.6 Å². The van der Waals surface area contributed by atoms with Crippen molar-refractivity contribution in [1.82, 2.24) is 10.6 Å². The van der Waals surface area contributed by atoms with E-state index in [0.29, 0.717) is 9.68 Å². The van der Waals surface area contributed by atoms with E-state index in [-0.39, 0.29) is 11.9 Å². The number of halogens is 1. The van der Waals surface area contributed by atoms with E-state index >= 15 is 0 Å². The highest BCUT2D eigenvalue weighted by atomic mass is 127. The van der Waals surface area contributed by atoms with Gasteiger partial charge in [-0.15, -0.1) is 0 Å². The van der Waals surface area contributed by atoms with Crippen molar-refractivity contribution in [3.63, 3.8) is 0 Å². The molecule has 0 saturated carbocycles. The smallest absolute Gasteiger partial charge is 0.259 e. The lowest BCUT2D eigenvalue weighted by Crippen LogP contribution is -2.47. The molecule has 0 aromatic rings. The van der Waals surface area contributed by atoms with Crippen molar-refractivity contribution in [3.05, 3.63) is 0 Å². The molecule has 0 saturated heterocycles. The summed E-state index contributed by atoms with van der Waals surface area (Å²) in [6, 6.07) is -0.578. The Labute approximate surface area is 81.2 Å². The molecule has 6 nitrogen and oxygen atoms in total. The van der Waals surface area contributed by atoms with Gasteiger partial charge in [0.15, 0.2) is 9.88 Å². The molecule has 0 aliphatic carbocycles. The van der Waals surface area contributed by atoms with Gasteiger partial charge in [-0.1, -0.05) is 0 Å². The zero-order chi connectivity index (χ0) is 8.72. The van der Waals surface area contributed by atoms with Crippen molar-refractivity contribution >= 4 is 44.1 Å². The molecule has 0 fully saturated rings. The van der Waals surface area contributed by atoms with Crippen LogP contribution in [-0.2, 0) is 4.79 Å². The average Bonchev–Trinajstić information content (AvgIpc) is 2.29. The van der Waals surface area contributed by atoms with Crippen LogP contribution in [0.4, 0.5) is 0 Å². The first-order valence-electron chi connectivity index (χ1n) is 3.15. The first kappa shape index (κ1) is 7.65. The molecule has 62 valence electrons. The number of hydrogen-bond donors (Lipinski definition) is 3. The Hall–Kier alpha value is -0.990. The van der Waals surface area contributed by atoms with Crippen LogP contribution < -0.4 is 10.6 Å². The zero-order valence-electron chi connectivity index (χ0n) is 5.76. The number of nitrogens with one attached hydrogen (secondary N) is 3. The summed E-state index contributed by atoms with van der Waals surface area (Å²) >= 11 is 1.96. The summed E-state index contributed by atoms with van der Waals surface area (Å²) in [4.78, 5) is 18.9. The molecule has 2 heterocycles. The summed E-state index contributed by atoms with van der Waals surface area (Å²) < 4.78 is 0.626. The number of nitrogens with zero attached hydrogens (tertiary/aromatic N) is 2. The van der Waals surface area contributed by atoms with Crippen molar-refractivity contribution < 1.29 is 4.79 Å². The minimum absolute atomic E-state index is 0.139. The molecule has 7 heteroatoms. The monoisotopic (exact) mass is 277 g/mol. The fourth-order valence-electron chi connectivity index (χ4n) is 0.986. The van der Waals surface area contributed by atoms with E-state index < -0.39 is 6.04 Å². The summed E-state index contributed by atoms with van der Waals surface area (Å²) in [6.07, 6.45) is 0. The van der Waals surface area contributed by atoms with Crippen LogP contribution in [0.2, 0.25) is 0 Å². The molecule has 2 aliphatic heterocycles. The lowest BCUT2D eigenvalue weighted by molar-refractivity contribution is -0.119. The molecule has 0 spiro atoms. The maximum Gasteiger partial charge on any atom is 0.259 e. The Kier molecular flexibility index (Phi) is 1.60. The van der Waals surface area contributed by atoms with E-state index in [0.717, 1.165) is 0 Å². The normalized spacial score (nSPS) is 26.9. The number of aliphatic imine (C=N–C) groups is 2. The molecular weight excluding hydrogens is 273 g/mol. The molecule has 1 unspecified atom stereocenters. The van der Waals surface area contributed by atoms with Gasteiger partial charge < -0.3 is 5.32 Å². The number of rotatable bonds is 0. The van der Waals surface area contributed by atoms with Gasteiger partial charge >= 0.3 is 0 Å². The third kappa shape index (κ3) is 1.09. The van der Waals surface area contributed by atoms with E-state index in [9.17, 15) is 4.79 Å². The number of carbonyl (C=O) groups is 1. The number of guanidine groups is 1. The lowest BCUT2D eigenvalue weighted by Gasteiger charge is -2.13. The SMILES string of the molecule is N=C1N=C2NC(I)=NC2C(=O)N1. The first-order valence-corrected chi connectivity index (χ1v) is 4.23. The van der Waals surface area contributed by atoms with Crippen LogP contribution in [0.1, 0.15) is 0 Å². The molecule has 2 aliphatic rings. The molecule has 0 aromatic heterocycles. The van der Waals surface area contributed by atoms with Crippen LogP contribution >= 0.6 is 22.6 Å². The Morgan fingerprint density at radius 2 is 2.25 bits per heavy atom. The topological polar surface area (TPSA) is 89.7 Å². The van der Waals surface area contributed by atoms with Gasteiger partial charge in [-0.25, -0.2) is 4.99 Å². The van der Waals surface area contributed by atoms with E-state index in [2.05, 4.69) is 20.6 Å².